The molecule has 0 radical (unpaired) electrons. The monoisotopic (exact) mass is 394 g/mol. The summed E-state index contributed by atoms with van der Waals surface area (Å²) >= 11 is 0. The SMILES string of the molecule is COc1cc(CNCCCN2CCOCC2)cc(OC)c1OC.[Cl-].[Cl-]. The first kappa shape index (κ1) is 24.1. The Kier molecular flexibility index (Phi) is 12.8. The third kappa shape index (κ3) is 7.46. The standard InChI is InChI=1S/C17H28N2O4.2ClH/c1-20-15-11-14(12-16(21-2)17(15)22-3)13-18-5-4-6-19-7-9-23-10-8-19;;/h11-12,18H,4-10,13H2,1-3H3;2*1H/p-2. The van der Waals surface area contributed by atoms with Crippen molar-refractivity contribution in [2.24, 2.45) is 0 Å². The van der Waals surface area contributed by atoms with Gasteiger partial charge in [0.05, 0.1) is 34.5 Å². The summed E-state index contributed by atoms with van der Waals surface area (Å²) in [6, 6.07) is 3.96. The van der Waals surface area contributed by atoms with Gasteiger partial charge in [-0.1, -0.05) is 0 Å². The zero-order valence-electron chi connectivity index (χ0n) is 15.1. The van der Waals surface area contributed by atoms with E-state index in [2.05, 4.69) is 10.2 Å². The molecule has 0 aromatic heterocycles. The summed E-state index contributed by atoms with van der Waals surface area (Å²) < 4.78 is 21.4. The molecule has 1 aliphatic heterocycles. The lowest BCUT2D eigenvalue weighted by Crippen LogP contribution is -3.00. The number of morpholine rings is 1. The highest BCUT2D eigenvalue weighted by Gasteiger charge is 2.13. The van der Waals surface area contributed by atoms with Gasteiger partial charge in [0.1, 0.15) is 0 Å². The predicted octanol–water partition coefficient (Wildman–Crippen LogP) is -4.47. The number of ether oxygens (including phenoxy) is 4. The first-order chi connectivity index (χ1) is 11.3. The van der Waals surface area contributed by atoms with Crippen molar-refractivity contribution in [1.82, 2.24) is 10.2 Å². The third-order valence-corrected chi connectivity index (χ3v) is 3.99. The quantitative estimate of drug-likeness (QED) is 0.426. The smallest absolute Gasteiger partial charge is 0.203 e. The lowest BCUT2D eigenvalue weighted by molar-refractivity contribution is -0.001000. The summed E-state index contributed by atoms with van der Waals surface area (Å²) in [5.74, 6) is 2.01. The number of nitrogens with zero attached hydrogens (tertiary/aromatic N) is 1. The molecule has 1 aliphatic rings. The molecule has 1 heterocycles. The average Bonchev–Trinajstić information content (AvgIpc) is 2.61. The molecule has 1 saturated heterocycles. The van der Waals surface area contributed by atoms with Crippen LogP contribution in [0.3, 0.4) is 0 Å². The van der Waals surface area contributed by atoms with Crippen molar-refractivity contribution in [1.29, 1.82) is 0 Å². The number of nitrogens with one attached hydrogen (secondary N) is 1. The summed E-state index contributed by atoms with van der Waals surface area (Å²) in [7, 11) is 4.89. The normalized spacial score (nSPS) is 14.2. The highest BCUT2D eigenvalue weighted by molar-refractivity contribution is 5.53. The van der Waals surface area contributed by atoms with Crippen LogP contribution in [0, 0.1) is 0 Å². The van der Waals surface area contributed by atoms with Crippen molar-refractivity contribution < 1.29 is 43.8 Å². The number of hydrogen-bond acceptors (Lipinski definition) is 6. The van der Waals surface area contributed by atoms with E-state index in [9.17, 15) is 0 Å². The largest absolute Gasteiger partial charge is 1.00 e. The van der Waals surface area contributed by atoms with Gasteiger partial charge in [-0.05, 0) is 37.2 Å². The molecule has 0 aliphatic carbocycles. The van der Waals surface area contributed by atoms with Crippen molar-refractivity contribution in [2.75, 3.05) is 60.7 Å². The van der Waals surface area contributed by atoms with Gasteiger partial charge >= 0.3 is 0 Å². The van der Waals surface area contributed by atoms with E-state index in [0.717, 1.165) is 57.9 Å². The lowest BCUT2D eigenvalue weighted by atomic mass is 10.1. The van der Waals surface area contributed by atoms with Gasteiger partial charge in [-0.15, -0.1) is 0 Å². The van der Waals surface area contributed by atoms with Crippen LogP contribution < -0.4 is 44.3 Å². The minimum absolute atomic E-state index is 0. The first-order valence-electron chi connectivity index (χ1n) is 8.08. The van der Waals surface area contributed by atoms with Gasteiger partial charge in [-0.25, -0.2) is 0 Å². The van der Waals surface area contributed by atoms with E-state index in [1.165, 1.54) is 0 Å². The second-order valence-corrected chi connectivity index (χ2v) is 5.52. The molecule has 1 aromatic rings. The van der Waals surface area contributed by atoms with Gasteiger partial charge in [0.25, 0.3) is 0 Å². The fraction of sp³-hybridized carbons (Fsp3) is 0.647. The predicted molar refractivity (Wildman–Crippen MR) is 89.7 cm³/mol. The Bertz CT molecular complexity index is 461. The maximum Gasteiger partial charge on any atom is 0.203 e. The van der Waals surface area contributed by atoms with Gasteiger partial charge in [-0.2, -0.15) is 0 Å². The number of hydrogen-bond donors (Lipinski definition) is 1. The molecule has 1 fully saturated rings. The Hall–Kier alpha value is -0.920. The maximum atomic E-state index is 5.37. The van der Waals surface area contributed by atoms with Crippen LogP contribution in [0.15, 0.2) is 12.1 Å². The zero-order valence-corrected chi connectivity index (χ0v) is 16.7. The molecule has 0 unspecified atom stereocenters. The Balaban J connectivity index is 0.00000288. The molecular weight excluding hydrogens is 367 g/mol. The summed E-state index contributed by atoms with van der Waals surface area (Å²) in [5.41, 5.74) is 1.12. The topological polar surface area (TPSA) is 52.2 Å². The van der Waals surface area contributed by atoms with Crippen LogP contribution >= 0.6 is 0 Å². The van der Waals surface area contributed by atoms with Gasteiger partial charge in [0, 0.05) is 19.6 Å². The summed E-state index contributed by atoms with van der Waals surface area (Å²) in [6.07, 6.45) is 1.13. The Labute approximate surface area is 163 Å². The fourth-order valence-corrected chi connectivity index (χ4v) is 2.72. The molecule has 1 aromatic carbocycles. The lowest BCUT2D eigenvalue weighted by Gasteiger charge is -2.26. The molecular formula is C17H28Cl2N2O4-2. The van der Waals surface area contributed by atoms with E-state index in [1.807, 2.05) is 12.1 Å². The summed E-state index contributed by atoms with van der Waals surface area (Å²) in [6.45, 7) is 6.69. The van der Waals surface area contributed by atoms with Crippen molar-refractivity contribution in [2.45, 2.75) is 13.0 Å². The molecule has 6 nitrogen and oxygen atoms in total. The van der Waals surface area contributed by atoms with Crippen molar-refractivity contribution >= 4 is 0 Å². The molecule has 0 bridgehead atoms. The van der Waals surface area contributed by atoms with Crippen molar-refractivity contribution in [3.05, 3.63) is 17.7 Å². The Morgan fingerprint density at radius 2 is 1.60 bits per heavy atom. The second-order valence-electron chi connectivity index (χ2n) is 5.52. The van der Waals surface area contributed by atoms with E-state index >= 15 is 0 Å². The maximum absolute atomic E-state index is 5.37. The molecule has 146 valence electrons. The van der Waals surface area contributed by atoms with E-state index < -0.39 is 0 Å². The van der Waals surface area contributed by atoms with Crippen LogP contribution in [-0.4, -0.2) is 65.6 Å². The Morgan fingerprint density at radius 3 is 2.12 bits per heavy atom. The van der Waals surface area contributed by atoms with Gasteiger partial charge in [0.2, 0.25) is 5.75 Å². The van der Waals surface area contributed by atoms with Gasteiger partial charge in [0.15, 0.2) is 11.5 Å². The van der Waals surface area contributed by atoms with E-state index in [4.69, 9.17) is 18.9 Å². The minimum atomic E-state index is 0. The summed E-state index contributed by atoms with van der Waals surface area (Å²) in [5, 5.41) is 3.47. The van der Waals surface area contributed by atoms with Crippen LogP contribution in [0.5, 0.6) is 17.2 Å². The number of halogens is 2. The number of methoxy groups -OCH3 is 3. The van der Waals surface area contributed by atoms with Crippen molar-refractivity contribution in [3.8, 4) is 17.2 Å². The molecule has 1 N–H and O–H groups in total. The molecule has 2 rings (SSSR count). The molecule has 25 heavy (non-hydrogen) atoms. The van der Waals surface area contributed by atoms with Crippen LogP contribution in [-0.2, 0) is 11.3 Å². The van der Waals surface area contributed by atoms with Crippen LogP contribution in [0.1, 0.15) is 12.0 Å². The minimum Gasteiger partial charge on any atom is -1.00 e. The van der Waals surface area contributed by atoms with Crippen LogP contribution in [0.2, 0.25) is 0 Å². The fourth-order valence-electron chi connectivity index (χ4n) is 2.72. The van der Waals surface area contributed by atoms with E-state index in [1.54, 1.807) is 21.3 Å². The molecule has 0 amide bonds. The highest BCUT2D eigenvalue weighted by atomic mass is 35.5. The Morgan fingerprint density at radius 1 is 1.00 bits per heavy atom. The van der Waals surface area contributed by atoms with E-state index in [0.29, 0.717) is 17.2 Å². The first-order valence-corrected chi connectivity index (χ1v) is 8.08. The van der Waals surface area contributed by atoms with E-state index in [-0.39, 0.29) is 24.8 Å². The highest BCUT2D eigenvalue weighted by Crippen LogP contribution is 2.38. The zero-order chi connectivity index (χ0) is 16.5. The van der Waals surface area contributed by atoms with Crippen molar-refractivity contribution in [3.63, 3.8) is 0 Å². The second kappa shape index (κ2) is 13.3. The van der Waals surface area contributed by atoms with Gasteiger partial charge < -0.3 is 49.1 Å². The molecule has 0 atom stereocenters. The number of benzene rings is 1. The van der Waals surface area contributed by atoms with Crippen LogP contribution in [0.4, 0.5) is 0 Å². The molecule has 8 heteroatoms. The summed E-state index contributed by atoms with van der Waals surface area (Å²) in [4.78, 5) is 2.45. The van der Waals surface area contributed by atoms with Gasteiger partial charge in [-0.3, -0.25) is 4.90 Å². The average molecular weight is 395 g/mol. The molecule has 0 spiro atoms. The third-order valence-electron chi connectivity index (χ3n) is 3.99. The number of rotatable bonds is 9. The molecule has 0 saturated carbocycles. The van der Waals surface area contributed by atoms with Crippen LogP contribution in [0.25, 0.3) is 0 Å².